The number of hydrogen-bond acceptors (Lipinski definition) is 5. The van der Waals surface area contributed by atoms with Crippen LogP contribution in [0.15, 0.2) is 313 Å². The highest BCUT2D eigenvalue weighted by Crippen LogP contribution is 2.39. The average molecular weight is 1030 g/mol. The minimum atomic E-state index is -0.348. The summed E-state index contributed by atoms with van der Waals surface area (Å²) < 4.78 is 13.3. The molecule has 0 aliphatic heterocycles. The summed E-state index contributed by atoms with van der Waals surface area (Å²) in [6.45, 7) is 6.60. The van der Waals surface area contributed by atoms with Gasteiger partial charge in [0.1, 0.15) is 28.6 Å². The lowest BCUT2D eigenvalue weighted by atomic mass is 9.78. The topological polar surface area (TPSA) is 63.4 Å². The largest absolute Gasteiger partial charge is 0.507 e. The zero-order valence-corrected chi connectivity index (χ0v) is 44.5. The fraction of sp³-hybridized carbons (Fsp3) is 0.0541. The van der Waals surface area contributed by atoms with Crippen LogP contribution in [0.4, 0.5) is 11.4 Å². The fourth-order valence-electron chi connectivity index (χ4n) is 9.24. The van der Waals surface area contributed by atoms with Crippen LogP contribution in [0.1, 0.15) is 65.3 Å². The summed E-state index contributed by atoms with van der Waals surface area (Å²) in [6.07, 6.45) is 8.21. The summed E-state index contributed by atoms with van der Waals surface area (Å²) in [7, 11) is 0. The van der Waals surface area contributed by atoms with Crippen LogP contribution in [-0.2, 0) is 5.41 Å². The van der Waals surface area contributed by atoms with E-state index in [0.29, 0.717) is 40.1 Å². The van der Waals surface area contributed by atoms with E-state index >= 15 is 0 Å². The van der Waals surface area contributed by atoms with Gasteiger partial charge in [-0.05, 0) is 118 Å². The molecule has 0 amide bonds. The first-order valence-electron chi connectivity index (χ1n) is 26.5. The van der Waals surface area contributed by atoms with E-state index in [1.54, 1.807) is 6.08 Å². The summed E-state index contributed by atoms with van der Waals surface area (Å²) in [5.74, 6) is 2.81. The Bertz CT molecular complexity index is 3550. The number of ether oxygens (including phenoxy) is 2. The Morgan fingerprint density at radius 2 is 0.658 bits per heavy atom. The minimum absolute atomic E-state index is 0.159. The fourth-order valence-corrected chi connectivity index (χ4v) is 9.24. The molecule has 0 aliphatic carbocycles. The van der Waals surface area contributed by atoms with E-state index in [1.807, 2.05) is 200 Å². The highest BCUT2D eigenvalue weighted by molar-refractivity contribution is 6.15. The number of aliphatic imine (C=N–C) groups is 2. The predicted molar refractivity (Wildman–Crippen MR) is 329 cm³/mol. The second-order valence-electron chi connectivity index (χ2n) is 19.6. The van der Waals surface area contributed by atoms with Crippen molar-refractivity contribution in [3.63, 3.8) is 0 Å². The third-order valence-electron chi connectivity index (χ3n) is 13.7. The quantitative estimate of drug-likeness (QED) is 0.0529. The molecule has 0 aliphatic rings. The molecule has 10 aromatic carbocycles. The smallest absolute Gasteiger partial charge is 0.153 e. The molecule has 0 saturated heterocycles. The molecule has 79 heavy (non-hydrogen) atoms. The number of aliphatic hydroxyl groups is 1. The molecule has 0 radical (unpaired) electrons. The van der Waals surface area contributed by atoms with Crippen LogP contribution in [0.25, 0.3) is 22.5 Å². The molecule has 0 aromatic heterocycles. The molecule has 10 rings (SSSR count). The molecular formula is C74H60N2O3. The lowest BCUT2D eigenvalue weighted by molar-refractivity contribution is 0.482. The second-order valence-corrected chi connectivity index (χ2v) is 19.6. The number of rotatable bonds is 18. The molecular weight excluding hydrogens is 965 g/mol. The number of aliphatic hydroxyl groups excluding tert-OH is 1. The van der Waals surface area contributed by atoms with Gasteiger partial charge in [0.15, 0.2) is 11.5 Å². The van der Waals surface area contributed by atoms with E-state index in [-0.39, 0.29) is 11.2 Å². The zero-order valence-electron chi connectivity index (χ0n) is 44.5. The first kappa shape index (κ1) is 52.3. The van der Waals surface area contributed by atoms with Crippen molar-refractivity contribution in [2.45, 2.75) is 26.2 Å². The van der Waals surface area contributed by atoms with Gasteiger partial charge in [0.2, 0.25) is 0 Å². The van der Waals surface area contributed by atoms with Crippen LogP contribution in [0.5, 0.6) is 23.0 Å². The maximum atomic E-state index is 11.3. The van der Waals surface area contributed by atoms with Gasteiger partial charge in [-0.1, -0.05) is 250 Å². The van der Waals surface area contributed by atoms with Crippen molar-refractivity contribution in [2.75, 3.05) is 0 Å². The number of allylic oxidation sites excluding steroid dienone is 7. The van der Waals surface area contributed by atoms with E-state index in [4.69, 9.17) is 19.5 Å². The van der Waals surface area contributed by atoms with Gasteiger partial charge < -0.3 is 14.6 Å². The van der Waals surface area contributed by atoms with Crippen molar-refractivity contribution >= 4 is 45.3 Å². The SMILES string of the molecule is C\C(=C/C(=C\C(=N\c1ccccc1Oc1ccc(C(C)(C)c2ccc(Oc3ccccc3/N=C(/C=C(\C=C(/O)c3ccccc3)c3ccccc3)c3ccccc3)cc2)cc1)c1ccccc1)c1ccccc1)c1ccccc1. The molecule has 0 atom stereocenters. The Morgan fingerprint density at radius 1 is 0.342 bits per heavy atom. The minimum Gasteiger partial charge on any atom is -0.507 e. The molecule has 384 valence electrons. The van der Waals surface area contributed by atoms with Gasteiger partial charge in [0, 0.05) is 22.1 Å². The Labute approximate surface area is 464 Å². The number of para-hydroxylation sites is 4. The summed E-state index contributed by atoms with van der Waals surface area (Å²) in [5.41, 5.74) is 13.6. The number of benzene rings is 10. The molecule has 1 N–H and O–H groups in total. The van der Waals surface area contributed by atoms with Crippen molar-refractivity contribution in [1.82, 2.24) is 0 Å². The Kier molecular flexibility index (Phi) is 16.7. The third kappa shape index (κ3) is 13.5. The van der Waals surface area contributed by atoms with Gasteiger partial charge in [-0.3, -0.25) is 0 Å². The Balaban J connectivity index is 0.894. The van der Waals surface area contributed by atoms with E-state index in [2.05, 4.69) is 118 Å². The van der Waals surface area contributed by atoms with Crippen LogP contribution in [0.3, 0.4) is 0 Å². The van der Waals surface area contributed by atoms with Gasteiger partial charge in [-0.25, -0.2) is 9.98 Å². The normalized spacial score (nSPS) is 12.7. The lowest BCUT2D eigenvalue weighted by Crippen LogP contribution is -2.18. The molecule has 5 heteroatoms. The van der Waals surface area contributed by atoms with Crippen molar-refractivity contribution in [3.05, 3.63) is 348 Å². The van der Waals surface area contributed by atoms with Gasteiger partial charge in [-0.15, -0.1) is 0 Å². The maximum Gasteiger partial charge on any atom is 0.153 e. The highest BCUT2D eigenvalue weighted by atomic mass is 16.5. The Morgan fingerprint density at radius 3 is 1.05 bits per heavy atom. The Hall–Kier alpha value is -10.1. The van der Waals surface area contributed by atoms with E-state index in [9.17, 15) is 5.11 Å². The van der Waals surface area contributed by atoms with Crippen LogP contribution in [-0.4, -0.2) is 16.5 Å². The molecule has 0 unspecified atom stereocenters. The predicted octanol–water partition coefficient (Wildman–Crippen LogP) is 19.7. The van der Waals surface area contributed by atoms with Crippen molar-refractivity contribution in [3.8, 4) is 23.0 Å². The molecule has 0 saturated carbocycles. The van der Waals surface area contributed by atoms with Gasteiger partial charge in [0.05, 0.1) is 11.4 Å². The summed E-state index contributed by atoms with van der Waals surface area (Å²) in [6, 6.07) is 93.1. The molecule has 10 aromatic rings. The average Bonchev–Trinajstić information content (AvgIpc) is 3.53. The second kappa shape index (κ2) is 25.2. The first-order chi connectivity index (χ1) is 38.7. The summed E-state index contributed by atoms with van der Waals surface area (Å²) >= 11 is 0. The molecule has 0 heterocycles. The first-order valence-corrected chi connectivity index (χ1v) is 26.5. The summed E-state index contributed by atoms with van der Waals surface area (Å²) in [4.78, 5) is 10.6. The van der Waals surface area contributed by atoms with Gasteiger partial charge in [-0.2, -0.15) is 0 Å². The van der Waals surface area contributed by atoms with Crippen molar-refractivity contribution in [1.29, 1.82) is 0 Å². The molecule has 0 spiro atoms. The van der Waals surface area contributed by atoms with Crippen molar-refractivity contribution < 1.29 is 14.6 Å². The number of nitrogens with zero attached hydrogens (tertiary/aromatic N) is 2. The molecule has 0 bridgehead atoms. The van der Waals surface area contributed by atoms with E-state index < -0.39 is 0 Å². The zero-order chi connectivity index (χ0) is 54.2. The highest BCUT2D eigenvalue weighted by Gasteiger charge is 2.24. The van der Waals surface area contributed by atoms with Crippen LogP contribution < -0.4 is 9.47 Å². The van der Waals surface area contributed by atoms with E-state index in [1.165, 1.54) is 0 Å². The molecule has 0 fully saturated rings. The monoisotopic (exact) mass is 1020 g/mol. The van der Waals surface area contributed by atoms with Crippen LogP contribution in [0.2, 0.25) is 0 Å². The van der Waals surface area contributed by atoms with Crippen molar-refractivity contribution in [2.24, 2.45) is 9.98 Å². The van der Waals surface area contributed by atoms with Crippen LogP contribution in [0, 0.1) is 0 Å². The number of hydrogen-bond donors (Lipinski definition) is 1. The van der Waals surface area contributed by atoms with E-state index in [0.717, 1.165) is 66.9 Å². The van der Waals surface area contributed by atoms with Gasteiger partial charge in [0.25, 0.3) is 0 Å². The van der Waals surface area contributed by atoms with Crippen LogP contribution >= 0.6 is 0 Å². The lowest BCUT2D eigenvalue weighted by Gasteiger charge is -2.26. The maximum absolute atomic E-state index is 11.3. The summed E-state index contributed by atoms with van der Waals surface area (Å²) in [5, 5.41) is 11.3. The van der Waals surface area contributed by atoms with Gasteiger partial charge >= 0.3 is 0 Å². The standard InChI is InChI=1S/C74H60N2O3/c1-54(55-26-10-4-11-27-55)50-61(56-28-12-5-13-29-56)51-69(58-32-16-7-17-33-58)75-67-38-22-24-40-72(67)78-65-46-42-63(43-47-65)74(2,3)64-44-48-66(49-45-64)79-73-41-25-23-39-68(73)76-70(59-34-18-8-19-35-59)52-62(57-30-14-6-15-31-57)53-71(77)60-36-20-9-21-37-60/h4-53,77H,1-3H3/b54-50+,61-51+,62-52+,71-53-,75-69-,76-70-. The molecule has 5 nitrogen and oxygen atoms in total. The third-order valence-corrected chi connectivity index (χ3v) is 13.7.